The van der Waals surface area contributed by atoms with E-state index >= 15 is 0 Å². The average Bonchev–Trinajstić information content (AvgIpc) is 3.09. The zero-order valence-corrected chi connectivity index (χ0v) is 14.8. The van der Waals surface area contributed by atoms with E-state index in [9.17, 15) is 4.79 Å². The summed E-state index contributed by atoms with van der Waals surface area (Å²) < 4.78 is 4.99. The molecule has 2 aromatic heterocycles. The minimum absolute atomic E-state index is 0.219. The van der Waals surface area contributed by atoms with Crippen molar-refractivity contribution < 1.29 is 9.53 Å². The van der Waals surface area contributed by atoms with Gasteiger partial charge in [0, 0.05) is 43.9 Å². The molecule has 7 nitrogen and oxygen atoms in total. The monoisotopic (exact) mass is 353 g/mol. The molecule has 0 unspecified atom stereocenters. The van der Waals surface area contributed by atoms with Gasteiger partial charge in [0.2, 0.25) is 0 Å². The predicted molar refractivity (Wildman–Crippen MR) is 101 cm³/mol. The van der Waals surface area contributed by atoms with Crippen LogP contribution < -0.4 is 10.6 Å². The molecule has 1 amide bonds. The first-order valence-electron chi connectivity index (χ1n) is 8.67. The number of nitrogens with zero attached hydrogens (tertiary/aromatic N) is 2. The van der Waals surface area contributed by atoms with Gasteiger partial charge >= 0.3 is 0 Å². The zero-order valence-electron chi connectivity index (χ0n) is 14.8. The highest BCUT2D eigenvalue weighted by atomic mass is 16.5. The number of amides is 1. The number of carbonyl (C=O) groups is 1. The van der Waals surface area contributed by atoms with Gasteiger partial charge in [-0.3, -0.25) is 4.79 Å². The maximum absolute atomic E-state index is 12.2. The Kier molecular flexibility index (Phi) is 6.16. The summed E-state index contributed by atoms with van der Waals surface area (Å²) >= 11 is 0. The number of aromatic nitrogens is 3. The summed E-state index contributed by atoms with van der Waals surface area (Å²) in [5.41, 5.74) is 2.60. The van der Waals surface area contributed by atoms with E-state index in [0.717, 1.165) is 24.9 Å². The SMILES string of the molecule is COCCCNc1ccc(C(=O)NCCc2c[nH]c3ccccc23)nn1. The van der Waals surface area contributed by atoms with E-state index in [1.807, 2.05) is 24.4 Å². The quantitative estimate of drug-likeness (QED) is 0.514. The number of benzene rings is 1. The van der Waals surface area contributed by atoms with Gasteiger partial charge in [-0.1, -0.05) is 18.2 Å². The molecule has 1 aromatic carbocycles. The molecule has 0 bridgehead atoms. The van der Waals surface area contributed by atoms with Crippen LogP contribution in [0.2, 0.25) is 0 Å². The van der Waals surface area contributed by atoms with E-state index in [1.165, 1.54) is 10.9 Å². The van der Waals surface area contributed by atoms with Crippen LogP contribution in [0.25, 0.3) is 10.9 Å². The summed E-state index contributed by atoms with van der Waals surface area (Å²) in [6.45, 7) is 1.98. The van der Waals surface area contributed by atoms with Crippen LogP contribution in [-0.2, 0) is 11.2 Å². The standard InChI is InChI=1S/C19H23N5O2/c1-26-12-4-10-20-18-8-7-17(23-24-18)19(25)21-11-9-14-13-22-16-6-3-2-5-15(14)16/h2-3,5-8,13,22H,4,9-12H2,1H3,(H,20,24)(H,21,25). The second kappa shape index (κ2) is 8.96. The third-order valence-electron chi connectivity index (χ3n) is 4.08. The number of anilines is 1. The largest absolute Gasteiger partial charge is 0.385 e. The van der Waals surface area contributed by atoms with Gasteiger partial charge in [0.25, 0.3) is 5.91 Å². The van der Waals surface area contributed by atoms with Crippen LogP contribution in [0.15, 0.2) is 42.6 Å². The molecule has 0 radical (unpaired) electrons. The van der Waals surface area contributed by atoms with Crippen molar-refractivity contribution in [1.29, 1.82) is 0 Å². The van der Waals surface area contributed by atoms with E-state index < -0.39 is 0 Å². The number of ether oxygens (including phenoxy) is 1. The molecule has 7 heteroatoms. The van der Waals surface area contributed by atoms with Crippen molar-refractivity contribution in [1.82, 2.24) is 20.5 Å². The molecule has 0 saturated carbocycles. The van der Waals surface area contributed by atoms with Crippen molar-refractivity contribution in [3.05, 3.63) is 53.9 Å². The van der Waals surface area contributed by atoms with Crippen LogP contribution in [0.5, 0.6) is 0 Å². The fourth-order valence-electron chi connectivity index (χ4n) is 2.72. The van der Waals surface area contributed by atoms with Crippen LogP contribution in [0.1, 0.15) is 22.5 Å². The normalized spacial score (nSPS) is 10.8. The molecule has 0 aliphatic carbocycles. The fraction of sp³-hybridized carbons (Fsp3) is 0.316. The smallest absolute Gasteiger partial charge is 0.271 e. The molecule has 0 spiro atoms. The summed E-state index contributed by atoms with van der Waals surface area (Å²) in [5.74, 6) is 0.430. The van der Waals surface area contributed by atoms with E-state index in [4.69, 9.17) is 4.74 Å². The molecule has 136 valence electrons. The lowest BCUT2D eigenvalue weighted by molar-refractivity contribution is 0.0948. The van der Waals surface area contributed by atoms with Gasteiger partial charge in [0.1, 0.15) is 5.82 Å². The molecule has 3 rings (SSSR count). The van der Waals surface area contributed by atoms with Crippen molar-refractivity contribution in [2.75, 3.05) is 32.1 Å². The summed E-state index contributed by atoms with van der Waals surface area (Å²) in [4.78, 5) is 15.4. The first-order chi connectivity index (χ1) is 12.8. The predicted octanol–water partition coefficient (Wildman–Crippen LogP) is 2.38. The lowest BCUT2D eigenvalue weighted by atomic mass is 10.1. The molecule has 26 heavy (non-hydrogen) atoms. The maximum Gasteiger partial charge on any atom is 0.271 e. The Morgan fingerprint density at radius 1 is 1.15 bits per heavy atom. The number of carbonyl (C=O) groups excluding carboxylic acids is 1. The Morgan fingerprint density at radius 3 is 2.85 bits per heavy atom. The third kappa shape index (κ3) is 4.58. The van der Waals surface area contributed by atoms with Crippen LogP contribution in [0, 0.1) is 0 Å². The second-order valence-electron chi connectivity index (χ2n) is 5.94. The number of hydrogen-bond acceptors (Lipinski definition) is 5. The number of H-pyrrole nitrogens is 1. The Hall–Kier alpha value is -2.93. The summed E-state index contributed by atoms with van der Waals surface area (Å²) in [7, 11) is 1.67. The Bertz CT molecular complexity index is 845. The summed E-state index contributed by atoms with van der Waals surface area (Å²) in [6, 6.07) is 11.6. The molecule has 2 heterocycles. The number of rotatable bonds is 9. The third-order valence-corrected chi connectivity index (χ3v) is 4.08. The van der Waals surface area contributed by atoms with Crippen LogP contribution in [0.4, 0.5) is 5.82 Å². The minimum atomic E-state index is -0.219. The van der Waals surface area contributed by atoms with Gasteiger partial charge < -0.3 is 20.4 Å². The first kappa shape index (κ1) is 17.9. The molecule has 0 fully saturated rings. The molecular formula is C19H23N5O2. The highest BCUT2D eigenvalue weighted by molar-refractivity contribution is 5.92. The molecule has 0 aliphatic heterocycles. The first-order valence-corrected chi connectivity index (χ1v) is 8.67. The van der Waals surface area contributed by atoms with E-state index in [0.29, 0.717) is 24.7 Å². The average molecular weight is 353 g/mol. The topological polar surface area (TPSA) is 91.9 Å². The summed E-state index contributed by atoms with van der Waals surface area (Å²) in [6.07, 6.45) is 3.62. The molecule has 0 aliphatic rings. The van der Waals surface area contributed by atoms with E-state index in [-0.39, 0.29) is 5.91 Å². The van der Waals surface area contributed by atoms with Crippen LogP contribution >= 0.6 is 0 Å². The lowest BCUT2D eigenvalue weighted by Crippen LogP contribution is -2.26. The van der Waals surface area contributed by atoms with Crippen LogP contribution in [-0.4, -0.2) is 47.9 Å². The fourth-order valence-corrected chi connectivity index (χ4v) is 2.72. The number of methoxy groups -OCH3 is 1. The minimum Gasteiger partial charge on any atom is -0.385 e. The number of nitrogens with one attached hydrogen (secondary N) is 3. The molecule has 0 saturated heterocycles. The second-order valence-corrected chi connectivity index (χ2v) is 5.94. The Balaban J connectivity index is 1.47. The van der Waals surface area contributed by atoms with Gasteiger partial charge in [-0.05, 0) is 36.6 Å². The summed E-state index contributed by atoms with van der Waals surface area (Å²) in [5, 5.41) is 15.2. The highest BCUT2D eigenvalue weighted by Gasteiger charge is 2.09. The van der Waals surface area contributed by atoms with Crippen molar-refractivity contribution in [3.8, 4) is 0 Å². The van der Waals surface area contributed by atoms with Crippen molar-refractivity contribution in [2.24, 2.45) is 0 Å². The Labute approximate surface area is 152 Å². The molecule has 3 N–H and O–H groups in total. The lowest BCUT2D eigenvalue weighted by Gasteiger charge is -2.06. The van der Waals surface area contributed by atoms with Crippen molar-refractivity contribution in [2.45, 2.75) is 12.8 Å². The van der Waals surface area contributed by atoms with Crippen molar-refractivity contribution >= 4 is 22.6 Å². The van der Waals surface area contributed by atoms with E-state index in [1.54, 1.807) is 19.2 Å². The number of hydrogen-bond donors (Lipinski definition) is 3. The van der Waals surface area contributed by atoms with Gasteiger partial charge in [-0.15, -0.1) is 10.2 Å². The van der Waals surface area contributed by atoms with Gasteiger partial charge in [0.15, 0.2) is 5.69 Å². The van der Waals surface area contributed by atoms with Gasteiger partial charge in [0.05, 0.1) is 0 Å². The van der Waals surface area contributed by atoms with Gasteiger partial charge in [-0.25, -0.2) is 0 Å². The number of aromatic amines is 1. The number of fused-ring (bicyclic) bond motifs is 1. The van der Waals surface area contributed by atoms with E-state index in [2.05, 4.69) is 31.9 Å². The maximum atomic E-state index is 12.2. The molecular weight excluding hydrogens is 330 g/mol. The Morgan fingerprint density at radius 2 is 2.04 bits per heavy atom. The number of para-hydroxylation sites is 1. The van der Waals surface area contributed by atoms with Gasteiger partial charge in [-0.2, -0.15) is 0 Å². The molecule has 0 atom stereocenters. The molecule has 3 aromatic rings. The van der Waals surface area contributed by atoms with Crippen LogP contribution in [0.3, 0.4) is 0 Å². The highest BCUT2D eigenvalue weighted by Crippen LogP contribution is 2.17. The zero-order chi connectivity index (χ0) is 18.2. The van der Waals surface area contributed by atoms with Crippen molar-refractivity contribution in [3.63, 3.8) is 0 Å².